The Balaban J connectivity index is 1.90. The van der Waals surface area contributed by atoms with Gasteiger partial charge in [-0.3, -0.25) is 0 Å². The largest absolute Gasteiger partial charge is 0.221 e. The highest BCUT2D eigenvalue weighted by atomic mass is 79.9. The Morgan fingerprint density at radius 3 is 2.28 bits per heavy atom. The summed E-state index contributed by atoms with van der Waals surface area (Å²) in [6.45, 7) is 1.22. The highest BCUT2D eigenvalue weighted by Gasteiger charge is 1.94. The molecular formula is C15H13BrN2. The van der Waals surface area contributed by atoms with Crippen molar-refractivity contribution in [3.63, 3.8) is 0 Å². The standard InChI is InChI=1S/C15H13BrN2/c16-15-9-5-4-8-14(15)11-18-12-17-10-13-6-2-1-3-7-13/h1-9H,10-11H2. The summed E-state index contributed by atoms with van der Waals surface area (Å²) in [5.74, 6) is 0. The van der Waals surface area contributed by atoms with E-state index in [4.69, 9.17) is 0 Å². The molecule has 0 aromatic heterocycles. The van der Waals surface area contributed by atoms with Gasteiger partial charge in [0.15, 0.2) is 0 Å². The molecule has 2 aromatic carbocycles. The summed E-state index contributed by atoms with van der Waals surface area (Å²) in [5.41, 5.74) is 2.31. The van der Waals surface area contributed by atoms with E-state index in [0.29, 0.717) is 13.1 Å². The maximum absolute atomic E-state index is 4.17. The van der Waals surface area contributed by atoms with Crippen molar-refractivity contribution in [2.24, 2.45) is 9.98 Å². The summed E-state index contributed by atoms with van der Waals surface area (Å²) in [6.07, 6.45) is 0. The molecule has 18 heavy (non-hydrogen) atoms. The van der Waals surface area contributed by atoms with Crippen LogP contribution in [0.5, 0.6) is 0 Å². The monoisotopic (exact) mass is 300 g/mol. The number of hydrogen-bond donors (Lipinski definition) is 0. The molecule has 0 heterocycles. The summed E-state index contributed by atoms with van der Waals surface area (Å²) in [6, 6.07) is 20.8. The zero-order valence-corrected chi connectivity index (χ0v) is 11.5. The summed E-state index contributed by atoms with van der Waals surface area (Å²) in [7, 11) is 0. The quantitative estimate of drug-likeness (QED) is 0.751. The average molecular weight is 301 g/mol. The molecule has 3 heteroatoms. The van der Waals surface area contributed by atoms with E-state index < -0.39 is 0 Å². The van der Waals surface area contributed by atoms with Crippen molar-refractivity contribution in [3.8, 4) is 0 Å². The first-order valence-corrected chi connectivity index (χ1v) is 6.51. The van der Waals surface area contributed by atoms with Crippen molar-refractivity contribution in [2.45, 2.75) is 13.1 Å². The molecule has 0 atom stereocenters. The molecule has 2 rings (SSSR count). The van der Waals surface area contributed by atoms with E-state index in [1.54, 1.807) is 0 Å². The van der Waals surface area contributed by atoms with Crippen LogP contribution in [0.25, 0.3) is 0 Å². The second-order valence-electron chi connectivity index (χ2n) is 3.81. The third-order valence-corrected chi connectivity index (χ3v) is 3.23. The minimum atomic E-state index is 0.597. The van der Waals surface area contributed by atoms with E-state index in [1.165, 1.54) is 5.56 Å². The van der Waals surface area contributed by atoms with Crippen LogP contribution in [0.2, 0.25) is 0 Å². The van der Waals surface area contributed by atoms with Crippen LogP contribution in [0.15, 0.2) is 69.1 Å². The van der Waals surface area contributed by atoms with Gasteiger partial charge in [-0.1, -0.05) is 64.5 Å². The predicted octanol–water partition coefficient (Wildman–Crippen LogP) is 4.32. The van der Waals surface area contributed by atoms with Crippen LogP contribution in [-0.2, 0) is 13.1 Å². The van der Waals surface area contributed by atoms with Gasteiger partial charge in [-0.15, -0.1) is 0 Å². The van der Waals surface area contributed by atoms with Crippen molar-refractivity contribution in [1.82, 2.24) is 0 Å². The molecule has 0 saturated carbocycles. The SMILES string of the molecule is Brc1ccccc1CN=C=NCc1ccccc1. The van der Waals surface area contributed by atoms with Crippen molar-refractivity contribution in [3.05, 3.63) is 70.2 Å². The minimum Gasteiger partial charge on any atom is -0.221 e. The molecule has 0 N–H and O–H groups in total. The summed E-state index contributed by atoms with van der Waals surface area (Å²) in [4.78, 5) is 8.33. The normalized spacial score (nSPS) is 9.61. The van der Waals surface area contributed by atoms with Gasteiger partial charge in [-0.05, 0) is 17.2 Å². The Hall–Kier alpha value is -1.70. The molecule has 0 aliphatic rings. The number of nitrogens with zero attached hydrogens (tertiary/aromatic N) is 2. The van der Waals surface area contributed by atoms with Gasteiger partial charge in [0.1, 0.15) is 0 Å². The maximum atomic E-state index is 4.17. The first-order chi connectivity index (χ1) is 8.86. The van der Waals surface area contributed by atoms with E-state index in [9.17, 15) is 0 Å². The summed E-state index contributed by atoms with van der Waals surface area (Å²) >= 11 is 3.48. The molecule has 90 valence electrons. The van der Waals surface area contributed by atoms with Gasteiger partial charge in [0.05, 0.1) is 19.1 Å². The fraction of sp³-hybridized carbons (Fsp3) is 0.133. The van der Waals surface area contributed by atoms with Gasteiger partial charge in [-0.25, -0.2) is 9.98 Å². The molecule has 2 nitrogen and oxygen atoms in total. The Labute approximate surface area is 115 Å². The lowest BCUT2D eigenvalue weighted by Crippen LogP contribution is -1.82. The summed E-state index contributed by atoms with van der Waals surface area (Å²) in [5, 5.41) is 0. The van der Waals surface area contributed by atoms with Crippen molar-refractivity contribution in [1.29, 1.82) is 0 Å². The second-order valence-corrected chi connectivity index (χ2v) is 4.66. The third-order valence-electron chi connectivity index (χ3n) is 2.45. The molecule has 0 spiro atoms. The topological polar surface area (TPSA) is 24.7 Å². The molecule has 0 radical (unpaired) electrons. The molecule has 0 aliphatic carbocycles. The van der Waals surface area contributed by atoms with E-state index in [0.717, 1.165) is 10.0 Å². The van der Waals surface area contributed by atoms with Gasteiger partial charge < -0.3 is 0 Å². The number of halogens is 1. The van der Waals surface area contributed by atoms with Crippen LogP contribution in [0.3, 0.4) is 0 Å². The van der Waals surface area contributed by atoms with Gasteiger partial charge >= 0.3 is 0 Å². The molecule has 0 fully saturated rings. The molecular weight excluding hydrogens is 288 g/mol. The van der Waals surface area contributed by atoms with Gasteiger partial charge in [0.2, 0.25) is 0 Å². The van der Waals surface area contributed by atoms with Crippen LogP contribution in [0.4, 0.5) is 0 Å². The van der Waals surface area contributed by atoms with Crippen molar-refractivity contribution in [2.75, 3.05) is 0 Å². The predicted molar refractivity (Wildman–Crippen MR) is 77.9 cm³/mol. The maximum Gasteiger partial charge on any atom is 0.0899 e. The second kappa shape index (κ2) is 6.90. The Kier molecular flexibility index (Phi) is 4.88. The van der Waals surface area contributed by atoms with Crippen molar-refractivity contribution < 1.29 is 0 Å². The number of hydrogen-bond acceptors (Lipinski definition) is 2. The van der Waals surface area contributed by atoms with Gasteiger partial charge in [-0.2, -0.15) is 0 Å². The van der Waals surface area contributed by atoms with E-state index in [-0.39, 0.29) is 0 Å². The number of aliphatic imine (C=N–C) groups is 2. The van der Waals surface area contributed by atoms with Gasteiger partial charge in [0.25, 0.3) is 0 Å². The van der Waals surface area contributed by atoms with Crippen LogP contribution in [0.1, 0.15) is 11.1 Å². The molecule has 0 bridgehead atoms. The lowest BCUT2D eigenvalue weighted by Gasteiger charge is -1.97. The highest BCUT2D eigenvalue weighted by molar-refractivity contribution is 9.10. The average Bonchev–Trinajstić information content (AvgIpc) is 2.42. The summed E-state index contributed by atoms with van der Waals surface area (Å²) < 4.78 is 1.07. The fourth-order valence-corrected chi connectivity index (χ4v) is 1.92. The zero-order chi connectivity index (χ0) is 12.6. The smallest absolute Gasteiger partial charge is 0.0899 e. The van der Waals surface area contributed by atoms with Crippen LogP contribution < -0.4 is 0 Å². The molecule has 0 unspecified atom stereocenters. The molecule has 0 amide bonds. The Morgan fingerprint density at radius 1 is 0.833 bits per heavy atom. The van der Waals surface area contributed by atoms with E-state index in [1.807, 2.05) is 54.6 Å². The third kappa shape index (κ3) is 3.95. The Morgan fingerprint density at radius 2 is 1.50 bits per heavy atom. The highest BCUT2D eigenvalue weighted by Crippen LogP contribution is 2.16. The van der Waals surface area contributed by atoms with Gasteiger partial charge in [0, 0.05) is 4.47 Å². The van der Waals surface area contributed by atoms with E-state index in [2.05, 4.69) is 31.9 Å². The van der Waals surface area contributed by atoms with Crippen LogP contribution in [-0.4, -0.2) is 6.01 Å². The number of rotatable bonds is 4. The van der Waals surface area contributed by atoms with Crippen LogP contribution >= 0.6 is 15.9 Å². The molecule has 0 saturated heterocycles. The number of benzene rings is 2. The lowest BCUT2D eigenvalue weighted by molar-refractivity contribution is 1.04. The first kappa shape index (κ1) is 12.7. The fourth-order valence-electron chi connectivity index (χ4n) is 1.51. The van der Waals surface area contributed by atoms with Crippen molar-refractivity contribution >= 4 is 21.9 Å². The minimum absolute atomic E-state index is 0.597. The Bertz CT molecular complexity index is 558. The van der Waals surface area contributed by atoms with Crippen LogP contribution in [0, 0.1) is 0 Å². The lowest BCUT2D eigenvalue weighted by atomic mass is 10.2. The molecule has 0 aliphatic heterocycles. The first-order valence-electron chi connectivity index (χ1n) is 5.71. The molecule has 2 aromatic rings. The van der Waals surface area contributed by atoms with E-state index >= 15 is 0 Å². The zero-order valence-electron chi connectivity index (χ0n) is 9.88.